The second-order valence-corrected chi connectivity index (χ2v) is 4.40. The first kappa shape index (κ1) is 12.0. The number of aliphatic hydroxyl groups is 1. The third-order valence-electron chi connectivity index (χ3n) is 3.15. The second kappa shape index (κ2) is 4.11. The number of halogens is 1. The van der Waals surface area contributed by atoms with Crippen LogP contribution in [0.5, 0.6) is 0 Å². The second-order valence-electron chi connectivity index (χ2n) is 4.40. The van der Waals surface area contributed by atoms with Gasteiger partial charge in [0.25, 0.3) is 0 Å². The van der Waals surface area contributed by atoms with Crippen molar-refractivity contribution in [2.45, 2.75) is 32.3 Å². The van der Waals surface area contributed by atoms with Gasteiger partial charge in [0.05, 0.1) is 6.61 Å². The highest BCUT2D eigenvalue weighted by Gasteiger charge is 2.44. The number of fused-ring (bicyclic) bond motifs is 1. The molecule has 0 amide bonds. The number of nitrogens with one attached hydrogen (secondary N) is 1. The van der Waals surface area contributed by atoms with Crippen molar-refractivity contribution in [2.75, 3.05) is 6.61 Å². The summed E-state index contributed by atoms with van der Waals surface area (Å²) in [6.07, 6.45) is 0.876. The molecule has 1 unspecified atom stereocenters. The zero-order valence-electron chi connectivity index (χ0n) is 10.0. The minimum Gasteiger partial charge on any atom is -0.479 e. The van der Waals surface area contributed by atoms with Gasteiger partial charge < -0.3 is 9.84 Å². The van der Waals surface area contributed by atoms with Crippen LogP contribution in [0.3, 0.4) is 0 Å². The molecule has 3 nitrogen and oxygen atoms in total. The Morgan fingerprint density at radius 2 is 2.29 bits per heavy atom. The molecule has 2 N–H and O–H groups in total. The van der Waals surface area contributed by atoms with Crippen molar-refractivity contribution in [3.8, 4) is 0 Å². The zero-order chi connectivity index (χ0) is 12.6. The van der Waals surface area contributed by atoms with Crippen molar-refractivity contribution in [1.29, 1.82) is 5.41 Å². The highest BCUT2D eigenvalue weighted by atomic mass is 19.1. The third-order valence-corrected chi connectivity index (χ3v) is 3.15. The van der Waals surface area contributed by atoms with Gasteiger partial charge in [-0.25, -0.2) is 4.39 Å². The van der Waals surface area contributed by atoms with Crippen molar-refractivity contribution >= 4 is 5.90 Å². The van der Waals surface area contributed by atoms with Gasteiger partial charge >= 0.3 is 0 Å². The lowest BCUT2D eigenvalue weighted by molar-refractivity contribution is 0.0750. The van der Waals surface area contributed by atoms with Crippen LogP contribution in [0.4, 0.5) is 4.39 Å². The van der Waals surface area contributed by atoms with E-state index in [1.807, 2.05) is 13.0 Å². The Bertz CT molecular complexity index is 473. The summed E-state index contributed by atoms with van der Waals surface area (Å²) in [6, 6.07) is 3.24. The first-order valence-corrected chi connectivity index (χ1v) is 5.72. The van der Waals surface area contributed by atoms with Crippen molar-refractivity contribution in [1.82, 2.24) is 0 Å². The maximum atomic E-state index is 13.9. The van der Waals surface area contributed by atoms with Crippen LogP contribution >= 0.6 is 0 Å². The van der Waals surface area contributed by atoms with Crippen LogP contribution in [0, 0.1) is 18.2 Å². The van der Waals surface area contributed by atoms with E-state index in [9.17, 15) is 9.50 Å². The van der Waals surface area contributed by atoms with Crippen LogP contribution in [-0.4, -0.2) is 17.6 Å². The van der Waals surface area contributed by atoms with E-state index in [1.54, 1.807) is 6.92 Å². The van der Waals surface area contributed by atoms with E-state index in [4.69, 9.17) is 10.1 Å². The van der Waals surface area contributed by atoms with Gasteiger partial charge in [-0.3, -0.25) is 5.41 Å². The molecular formula is C13H16FNO2. The van der Waals surface area contributed by atoms with Crippen molar-refractivity contribution in [2.24, 2.45) is 0 Å². The predicted octanol–water partition coefficient (Wildman–Crippen LogP) is 2.28. The van der Waals surface area contributed by atoms with Crippen LogP contribution in [-0.2, 0) is 16.8 Å². The topological polar surface area (TPSA) is 53.3 Å². The van der Waals surface area contributed by atoms with Gasteiger partial charge in [-0.2, -0.15) is 0 Å². The number of rotatable bonds is 2. The Balaban J connectivity index is 2.49. The smallest absolute Gasteiger partial charge is 0.218 e. The highest BCUT2D eigenvalue weighted by molar-refractivity contribution is 5.85. The van der Waals surface area contributed by atoms with Crippen LogP contribution in [0.2, 0.25) is 0 Å². The fourth-order valence-electron chi connectivity index (χ4n) is 2.41. The van der Waals surface area contributed by atoms with Crippen LogP contribution in [0.1, 0.15) is 30.0 Å². The van der Waals surface area contributed by atoms with Gasteiger partial charge in [-0.05, 0) is 43.9 Å². The molecule has 0 heterocycles. The van der Waals surface area contributed by atoms with Gasteiger partial charge in [0.2, 0.25) is 5.90 Å². The SMILES string of the molecule is CCOC(=N)C1(O)CCc2cc(C)cc(F)c21. The predicted molar refractivity (Wildman–Crippen MR) is 62.7 cm³/mol. The Hall–Kier alpha value is -1.42. The summed E-state index contributed by atoms with van der Waals surface area (Å²) in [7, 11) is 0. The van der Waals surface area contributed by atoms with Gasteiger partial charge in [0.15, 0.2) is 5.60 Å². The van der Waals surface area contributed by atoms with Gasteiger partial charge in [-0.15, -0.1) is 0 Å². The summed E-state index contributed by atoms with van der Waals surface area (Å²) in [5.74, 6) is -0.717. The van der Waals surface area contributed by atoms with Crippen LogP contribution < -0.4 is 0 Å². The Morgan fingerprint density at radius 1 is 1.59 bits per heavy atom. The molecule has 0 fully saturated rings. The number of ether oxygens (including phenoxy) is 1. The summed E-state index contributed by atoms with van der Waals surface area (Å²) >= 11 is 0. The molecule has 1 aliphatic carbocycles. The summed E-state index contributed by atoms with van der Waals surface area (Å²) in [4.78, 5) is 0. The number of benzene rings is 1. The molecule has 0 aliphatic heterocycles. The van der Waals surface area contributed by atoms with E-state index < -0.39 is 11.4 Å². The fraction of sp³-hybridized carbons (Fsp3) is 0.462. The van der Waals surface area contributed by atoms with Crippen LogP contribution in [0.15, 0.2) is 12.1 Å². The summed E-state index contributed by atoms with van der Waals surface area (Å²) in [5, 5.41) is 18.2. The lowest BCUT2D eigenvalue weighted by atomic mass is 9.94. The van der Waals surface area contributed by atoms with E-state index in [-0.39, 0.29) is 11.5 Å². The minimum atomic E-state index is -1.59. The van der Waals surface area contributed by atoms with Gasteiger partial charge in [0.1, 0.15) is 5.82 Å². The van der Waals surface area contributed by atoms with Crippen molar-refractivity contribution in [3.05, 3.63) is 34.6 Å². The Kier molecular flexibility index (Phi) is 2.91. The molecule has 0 saturated heterocycles. The summed E-state index contributed by atoms with van der Waals surface area (Å²) in [6.45, 7) is 3.85. The summed E-state index contributed by atoms with van der Waals surface area (Å²) in [5.41, 5.74) is 0.216. The Morgan fingerprint density at radius 3 is 2.94 bits per heavy atom. The molecule has 1 aromatic rings. The molecule has 0 bridgehead atoms. The number of aryl methyl sites for hydroxylation is 2. The molecule has 1 atom stereocenters. The molecular weight excluding hydrogens is 221 g/mol. The number of hydrogen-bond acceptors (Lipinski definition) is 3. The number of hydrogen-bond donors (Lipinski definition) is 2. The van der Waals surface area contributed by atoms with Crippen molar-refractivity contribution in [3.63, 3.8) is 0 Å². The first-order valence-electron chi connectivity index (χ1n) is 5.72. The monoisotopic (exact) mass is 237 g/mol. The lowest BCUT2D eigenvalue weighted by Gasteiger charge is -2.24. The normalized spacial score (nSPS) is 22.4. The fourth-order valence-corrected chi connectivity index (χ4v) is 2.41. The third kappa shape index (κ3) is 1.82. The molecule has 0 saturated carbocycles. The van der Waals surface area contributed by atoms with E-state index in [1.165, 1.54) is 6.07 Å². The molecule has 0 radical (unpaired) electrons. The Labute approximate surface area is 99.7 Å². The first-order chi connectivity index (χ1) is 7.99. The zero-order valence-corrected chi connectivity index (χ0v) is 10.0. The van der Waals surface area contributed by atoms with Gasteiger partial charge in [0, 0.05) is 5.56 Å². The average Bonchev–Trinajstić information content (AvgIpc) is 2.58. The molecule has 2 rings (SSSR count). The molecule has 17 heavy (non-hydrogen) atoms. The molecule has 0 aromatic heterocycles. The average molecular weight is 237 g/mol. The largest absolute Gasteiger partial charge is 0.479 e. The lowest BCUT2D eigenvalue weighted by Crippen LogP contribution is -2.35. The maximum Gasteiger partial charge on any atom is 0.218 e. The van der Waals surface area contributed by atoms with E-state index in [2.05, 4.69) is 0 Å². The van der Waals surface area contributed by atoms with Crippen LogP contribution in [0.25, 0.3) is 0 Å². The quantitative estimate of drug-likeness (QED) is 0.612. The molecule has 1 aromatic carbocycles. The summed E-state index contributed by atoms with van der Waals surface area (Å²) < 4.78 is 19.0. The highest BCUT2D eigenvalue weighted by Crippen LogP contribution is 2.40. The van der Waals surface area contributed by atoms with E-state index in [0.29, 0.717) is 19.4 Å². The molecule has 1 aliphatic rings. The van der Waals surface area contributed by atoms with Gasteiger partial charge in [-0.1, -0.05) is 6.07 Å². The van der Waals surface area contributed by atoms with Crippen molar-refractivity contribution < 1.29 is 14.2 Å². The molecule has 0 spiro atoms. The van der Waals surface area contributed by atoms with E-state index >= 15 is 0 Å². The minimum absolute atomic E-state index is 0.210. The molecule has 92 valence electrons. The standard InChI is InChI=1S/C13H16FNO2/c1-3-17-12(15)13(16)5-4-9-6-8(2)7-10(14)11(9)13/h6-7,15-16H,3-5H2,1-2H3. The maximum absolute atomic E-state index is 13.9. The molecule has 4 heteroatoms. The van der Waals surface area contributed by atoms with E-state index in [0.717, 1.165) is 11.1 Å².